The average molecular weight is 303 g/mol. The Balaban J connectivity index is 2.21. The van der Waals surface area contributed by atoms with Crippen molar-refractivity contribution >= 4 is 23.1 Å². The number of nitrogens with one attached hydrogen (secondary N) is 1. The van der Waals surface area contributed by atoms with Crippen LogP contribution in [0.15, 0.2) is 43.0 Å². The normalized spacial score (nSPS) is 12.4. The zero-order chi connectivity index (χ0) is 15.1. The standard InChI is InChI=1S/C13H12N4O3S/c18-12(13-15-8-14-9-16-13)11-6-2-1-4-10(11)5-3-7-17-21(19)20/h1-6,8-9,17H,7H2,(H,19,20)/p-1. The van der Waals surface area contributed by atoms with Crippen LogP contribution in [0.4, 0.5) is 0 Å². The third-order valence-corrected chi connectivity index (χ3v) is 2.92. The number of rotatable bonds is 6. The van der Waals surface area contributed by atoms with Crippen molar-refractivity contribution in [2.24, 2.45) is 0 Å². The van der Waals surface area contributed by atoms with Crippen molar-refractivity contribution in [3.8, 4) is 0 Å². The molecule has 8 heteroatoms. The zero-order valence-electron chi connectivity index (χ0n) is 10.8. The number of carbonyl (C=O) groups is 1. The van der Waals surface area contributed by atoms with Crippen LogP contribution in [0, 0.1) is 0 Å². The summed E-state index contributed by atoms with van der Waals surface area (Å²) in [6, 6.07) is 6.92. The lowest BCUT2D eigenvalue weighted by Gasteiger charge is -2.05. The second kappa shape index (κ2) is 7.48. The number of hydrogen-bond donors (Lipinski definition) is 1. The van der Waals surface area contributed by atoms with E-state index < -0.39 is 11.3 Å². The molecule has 0 radical (unpaired) electrons. The Morgan fingerprint density at radius 1 is 1.29 bits per heavy atom. The van der Waals surface area contributed by atoms with Crippen LogP contribution < -0.4 is 4.72 Å². The van der Waals surface area contributed by atoms with Gasteiger partial charge in [0.2, 0.25) is 11.6 Å². The molecule has 7 nitrogen and oxygen atoms in total. The Labute approximate surface area is 123 Å². The molecule has 0 fully saturated rings. The molecule has 2 rings (SSSR count). The van der Waals surface area contributed by atoms with Gasteiger partial charge in [-0.2, -0.15) is 0 Å². The van der Waals surface area contributed by atoms with Crippen LogP contribution in [-0.4, -0.2) is 36.0 Å². The fourth-order valence-electron chi connectivity index (χ4n) is 1.63. The Hall–Kier alpha value is -2.29. The zero-order valence-corrected chi connectivity index (χ0v) is 11.6. The Bertz CT molecular complexity index is 676. The van der Waals surface area contributed by atoms with Gasteiger partial charge in [-0.25, -0.2) is 19.7 Å². The fraction of sp³-hybridized carbons (Fsp3) is 0.0769. The Kier molecular flexibility index (Phi) is 5.38. The second-order valence-corrected chi connectivity index (χ2v) is 4.62. The molecular weight excluding hydrogens is 292 g/mol. The Morgan fingerprint density at radius 3 is 2.71 bits per heavy atom. The molecule has 0 amide bonds. The topological polar surface area (TPSA) is 108 Å². The van der Waals surface area contributed by atoms with E-state index in [0.29, 0.717) is 11.1 Å². The van der Waals surface area contributed by atoms with Gasteiger partial charge in [-0.1, -0.05) is 36.4 Å². The minimum Gasteiger partial charge on any atom is -0.760 e. The summed E-state index contributed by atoms with van der Waals surface area (Å²) in [5.41, 5.74) is 1.09. The molecule has 1 unspecified atom stereocenters. The summed E-state index contributed by atoms with van der Waals surface area (Å²) in [5.74, 6) is -0.261. The van der Waals surface area contributed by atoms with E-state index in [0.717, 1.165) is 0 Å². The van der Waals surface area contributed by atoms with Crippen molar-refractivity contribution in [3.05, 3.63) is 59.9 Å². The molecule has 0 spiro atoms. The molecule has 0 aliphatic heterocycles. The van der Waals surface area contributed by atoms with Gasteiger partial charge >= 0.3 is 0 Å². The number of aromatic nitrogens is 3. The van der Waals surface area contributed by atoms with E-state index in [1.807, 2.05) is 0 Å². The highest BCUT2D eigenvalue weighted by atomic mass is 32.2. The second-order valence-electron chi connectivity index (χ2n) is 3.86. The van der Waals surface area contributed by atoms with Crippen molar-refractivity contribution in [1.29, 1.82) is 0 Å². The van der Waals surface area contributed by atoms with E-state index in [1.165, 1.54) is 12.7 Å². The predicted molar refractivity (Wildman–Crippen MR) is 75.7 cm³/mol. The molecule has 108 valence electrons. The van der Waals surface area contributed by atoms with E-state index in [2.05, 4.69) is 19.7 Å². The lowest BCUT2D eigenvalue weighted by Crippen LogP contribution is -2.15. The molecule has 0 bridgehead atoms. The van der Waals surface area contributed by atoms with Crippen molar-refractivity contribution in [1.82, 2.24) is 19.7 Å². The molecule has 2 aromatic rings. The quantitative estimate of drug-likeness (QED) is 0.615. The number of carbonyl (C=O) groups excluding carboxylic acids is 1. The predicted octanol–water partition coefficient (Wildman–Crippen LogP) is 0.499. The van der Waals surface area contributed by atoms with Gasteiger partial charge in [0.05, 0.1) is 0 Å². The molecule has 1 aromatic heterocycles. The summed E-state index contributed by atoms with van der Waals surface area (Å²) >= 11 is -2.31. The van der Waals surface area contributed by atoms with Crippen LogP contribution in [0.1, 0.15) is 21.7 Å². The molecule has 1 heterocycles. The highest BCUT2D eigenvalue weighted by molar-refractivity contribution is 7.77. The van der Waals surface area contributed by atoms with E-state index >= 15 is 0 Å². The summed E-state index contributed by atoms with van der Waals surface area (Å²) < 4.78 is 22.9. The van der Waals surface area contributed by atoms with E-state index in [-0.39, 0.29) is 18.2 Å². The Morgan fingerprint density at radius 2 is 2.00 bits per heavy atom. The number of ketones is 1. The third-order valence-electron chi connectivity index (χ3n) is 2.52. The summed E-state index contributed by atoms with van der Waals surface area (Å²) in [6.07, 6.45) is 5.78. The van der Waals surface area contributed by atoms with Gasteiger partial charge in [0, 0.05) is 23.4 Å². The van der Waals surface area contributed by atoms with E-state index in [4.69, 9.17) is 0 Å². The van der Waals surface area contributed by atoms with Crippen molar-refractivity contribution < 1.29 is 13.6 Å². The van der Waals surface area contributed by atoms with Gasteiger partial charge in [-0.15, -0.1) is 0 Å². The van der Waals surface area contributed by atoms with Gasteiger partial charge in [-0.05, 0) is 5.56 Å². The molecule has 0 aliphatic carbocycles. The maximum absolute atomic E-state index is 12.3. The van der Waals surface area contributed by atoms with Crippen LogP contribution in [0.2, 0.25) is 0 Å². The van der Waals surface area contributed by atoms with E-state index in [1.54, 1.807) is 36.4 Å². The maximum atomic E-state index is 12.3. The first kappa shape index (κ1) is 15.1. The van der Waals surface area contributed by atoms with Gasteiger partial charge in [0.25, 0.3) is 0 Å². The largest absolute Gasteiger partial charge is 0.760 e. The van der Waals surface area contributed by atoms with Crippen molar-refractivity contribution in [2.45, 2.75) is 0 Å². The monoisotopic (exact) mass is 303 g/mol. The minimum atomic E-state index is -2.31. The first-order valence-electron chi connectivity index (χ1n) is 5.93. The van der Waals surface area contributed by atoms with Crippen molar-refractivity contribution in [3.63, 3.8) is 0 Å². The number of nitrogens with zero attached hydrogens (tertiary/aromatic N) is 3. The average Bonchev–Trinajstić information content (AvgIpc) is 2.52. The summed E-state index contributed by atoms with van der Waals surface area (Å²) in [5, 5.41) is 0. The molecule has 1 aromatic carbocycles. The third kappa shape index (κ3) is 4.35. The minimum absolute atomic E-state index is 0.0598. The molecule has 0 saturated heterocycles. The number of hydrogen-bond acceptors (Lipinski definition) is 6. The first-order chi connectivity index (χ1) is 10.2. The molecule has 0 aliphatic rings. The first-order valence-corrected chi connectivity index (χ1v) is 7.01. The molecular formula is C13H11N4O3S-. The SMILES string of the molecule is O=C(c1ncncn1)c1ccccc1C=CCNS(=O)[O-]. The van der Waals surface area contributed by atoms with Gasteiger partial charge < -0.3 is 4.55 Å². The maximum Gasteiger partial charge on any atom is 0.230 e. The van der Waals surface area contributed by atoms with Gasteiger partial charge in [0.1, 0.15) is 12.7 Å². The van der Waals surface area contributed by atoms with Crippen LogP contribution in [0.3, 0.4) is 0 Å². The van der Waals surface area contributed by atoms with Crippen LogP contribution in [0.5, 0.6) is 0 Å². The molecule has 1 atom stereocenters. The summed E-state index contributed by atoms with van der Waals surface area (Å²) in [6.45, 7) is 0.143. The van der Waals surface area contributed by atoms with Gasteiger partial charge in [-0.3, -0.25) is 9.00 Å². The molecule has 0 saturated carbocycles. The van der Waals surface area contributed by atoms with E-state index in [9.17, 15) is 13.6 Å². The smallest absolute Gasteiger partial charge is 0.230 e. The van der Waals surface area contributed by atoms with Crippen LogP contribution in [0.25, 0.3) is 6.08 Å². The lowest BCUT2D eigenvalue weighted by atomic mass is 10.0. The lowest BCUT2D eigenvalue weighted by molar-refractivity contribution is 0.102. The molecule has 21 heavy (non-hydrogen) atoms. The summed E-state index contributed by atoms with van der Waals surface area (Å²) in [4.78, 5) is 23.6. The fourth-order valence-corrected chi connectivity index (χ4v) is 1.86. The highest BCUT2D eigenvalue weighted by Crippen LogP contribution is 2.13. The van der Waals surface area contributed by atoms with Gasteiger partial charge in [0.15, 0.2) is 0 Å². The van der Waals surface area contributed by atoms with Crippen LogP contribution >= 0.6 is 0 Å². The molecule has 1 N–H and O–H groups in total. The number of benzene rings is 1. The highest BCUT2D eigenvalue weighted by Gasteiger charge is 2.14. The van der Waals surface area contributed by atoms with Crippen LogP contribution in [-0.2, 0) is 11.3 Å². The van der Waals surface area contributed by atoms with Crippen molar-refractivity contribution in [2.75, 3.05) is 6.54 Å². The summed E-state index contributed by atoms with van der Waals surface area (Å²) in [7, 11) is 0.